The number of carbonyl (C=O) groups is 1. The van der Waals surface area contributed by atoms with Crippen LogP contribution in [0.25, 0.3) is 11.0 Å². The first-order chi connectivity index (χ1) is 13.6. The predicted octanol–water partition coefficient (Wildman–Crippen LogP) is 3.75. The number of hydrogen-bond acceptors (Lipinski definition) is 5. The topological polar surface area (TPSA) is 86.0 Å². The molecule has 3 aromatic rings. The summed E-state index contributed by atoms with van der Waals surface area (Å²) in [6.07, 6.45) is 2.65. The molecule has 1 aromatic heterocycles. The van der Waals surface area contributed by atoms with E-state index >= 15 is 0 Å². The Morgan fingerprint density at radius 3 is 2.54 bits per heavy atom. The van der Waals surface area contributed by atoms with E-state index in [9.17, 15) is 14.7 Å². The summed E-state index contributed by atoms with van der Waals surface area (Å²) < 4.78 is 16.9. The highest BCUT2D eigenvalue weighted by Gasteiger charge is 2.21. The van der Waals surface area contributed by atoms with Crippen molar-refractivity contribution in [1.82, 2.24) is 0 Å². The van der Waals surface area contributed by atoms with Crippen molar-refractivity contribution in [2.45, 2.75) is 26.2 Å². The number of fused-ring (bicyclic) bond motifs is 3. The van der Waals surface area contributed by atoms with Gasteiger partial charge in [-0.1, -0.05) is 12.1 Å². The van der Waals surface area contributed by atoms with E-state index in [1.807, 2.05) is 19.1 Å². The summed E-state index contributed by atoms with van der Waals surface area (Å²) in [5.74, 6) is -0.122. The highest BCUT2D eigenvalue weighted by molar-refractivity contribution is 5.90. The Labute approximate surface area is 161 Å². The van der Waals surface area contributed by atoms with Gasteiger partial charge in [-0.05, 0) is 56.0 Å². The van der Waals surface area contributed by atoms with Crippen LogP contribution in [0.5, 0.6) is 11.5 Å². The van der Waals surface area contributed by atoms with Crippen LogP contribution in [-0.2, 0) is 12.8 Å². The molecule has 1 aliphatic rings. The zero-order valence-electron chi connectivity index (χ0n) is 15.5. The van der Waals surface area contributed by atoms with Crippen LogP contribution in [0.4, 0.5) is 0 Å². The second kappa shape index (κ2) is 7.38. The van der Waals surface area contributed by atoms with Gasteiger partial charge in [0, 0.05) is 16.5 Å². The van der Waals surface area contributed by atoms with Gasteiger partial charge in [0.15, 0.2) is 0 Å². The molecule has 0 atom stereocenters. The average molecular weight is 380 g/mol. The summed E-state index contributed by atoms with van der Waals surface area (Å²) in [6, 6.07) is 10.3. The molecule has 0 unspecified atom stereocenters. The van der Waals surface area contributed by atoms with Crippen molar-refractivity contribution in [3.63, 3.8) is 0 Å². The van der Waals surface area contributed by atoms with Gasteiger partial charge in [-0.15, -0.1) is 0 Å². The summed E-state index contributed by atoms with van der Waals surface area (Å²) in [4.78, 5) is 23.4. The summed E-state index contributed by atoms with van der Waals surface area (Å²) >= 11 is 0. The van der Waals surface area contributed by atoms with Crippen LogP contribution in [0.15, 0.2) is 45.6 Å². The lowest BCUT2D eigenvalue weighted by Crippen LogP contribution is -2.12. The molecule has 0 amide bonds. The minimum atomic E-state index is -1.04. The molecule has 1 N–H and O–H groups in total. The van der Waals surface area contributed by atoms with Crippen LogP contribution in [0.2, 0.25) is 0 Å². The lowest BCUT2D eigenvalue weighted by molar-refractivity contribution is 0.0691. The van der Waals surface area contributed by atoms with Gasteiger partial charge in [0.2, 0.25) is 0 Å². The summed E-state index contributed by atoms with van der Waals surface area (Å²) in [6.45, 7) is 2.29. The van der Waals surface area contributed by atoms with Gasteiger partial charge in [0.05, 0.1) is 0 Å². The molecule has 0 bridgehead atoms. The zero-order valence-corrected chi connectivity index (χ0v) is 15.5. The van der Waals surface area contributed by atoms with E-state index in [2.05, 4.69) is 0 Å². The van der Waals surface area contributed by atoms with E-state index in [4.69, 9.17) is 13.9 Å². The first kappa shape index (κ1) is 18.1. The third-order valence-electron chi connectivity index (χ3n) is 5.06. The van der Waals surface area contributed by atoms with Gasteiger partial charge < -0.3 is 19.0 Å². The molecule has 4 rings (SSSR count). The zero-order chi connectivity index (χ0) is 19.7. The highest BCUT2D eigenvalue weighted by atomic mass is 16.5. The summed E-state index contributed by atoms with van der Waals surface area (Å²) in [7, 11) is 0. The van der Waals surface area contributed by atoms with Crippen LogP contribution < -0.4 is 15.1 Å². The fourth-order valence-electron chi connectivity index (χ4n) is 3.69. The Kier molecular flexibility index (Phi) is 4.77. The Balaban J connectivity index is 1.49. The Morgan fingerprint density at radius 2 is 1.75 bits per heavy atom. The smallest absolute Gasteiger partial charge is 0.339 e. The summed E-state index contributed by atoms with van der Waals surface area (Å²) in [5.41, 5.74) is 3.09. The van der Waals surface area contributed by atoms with E-state index in [1.54, 1.807) is 18.2 Å². The molecule has 144 valence electrons. The molecule has 1 aliphatic carbocycles. The number of aryl methyl sites for hydroxylation is 2. The standard InChI is InChI=1S/C22H20O6/c1-13-18(26-11-12-27-19-8-3-2-5-17(19)21(23)24)10-9-15-14-6-4-7-16(14)22(25)28-20(13)15/h2-3,5,8-10H,4,6-7,11-12H2,1H3,(H,23,24). The van der Waals surface area contributed by atoms with Crippen LogP contribution in [0.3, 0.4) is 0 Å². The van der Waals surface area contributed by atoms with E-state index < -0.39 is 5.97 Å². The number of carboxylic acid groups (broad SMARTS) is 1. The SMILES string of the molecule is Cc1c(OCCOc2ccccc2C(=O)O)ccc2c3c(c(=O)oc12)CCC3. The van der Waals surface area contributed by atoms with Gasteiger partial charge in [0.1, 0.15) is 35.9 Å². The van der Waals surface area contributed by atoms with Gasteiger partial charge in [-0.3, -0.25) is 0 Å². The van der Waals surface area contributed by atoms with Crippen LogP contribution >= 0.6 is 0 Å². The van der Waals surface area contributed by atoms with E-state index in [0.29, 0.717) is 17.1 Å². The normalized spacial score (nSPS) is 12.8. The minimum absolute atomic E-state index is 0.111. The molecule has 0 radical (unpaired) electrons. The molecule has 0 saturated heterocycles. The van der Waals surface area contributed by atoms with Crippen LogP contribution in [0.1, 0.15) is 33.5 Å². The maximum absolute atomic E-state index is 12.2. The van der Waals surface area contributed by atoms with Crippen LogP contribution in [0, 0.1) is 6.92 Å². The number of carboxylic acids is 1. The van der Waals surface area contributed by atoms with Gasteiger partial charge in [0.25, 0.3) is 0 Å². The largest absolute Gasteiger partial charge is 0.490 e. The molecule has 0 saturated carbocycles. The van der Waals surface area contributed by atoms with Crippen molar-refractivity contribution in [3.05, 3.63) is 69.1 Å². The Bertz CT molecular complexity index is 1110. The maximum Gasteiger partial charge on any atom is 0.339 e. The third-order valence-corrected chi connectivity index (χ3v) is 5.06. The molecule has 1 heterocycles. The van der Waals surface area contributed by atoms with E-state index in [0.717, 1.165) is 41.3 Å². The monoisotopic (exact) mass is 380 g/mol. The number of benzene rings is 2. The molecule has 6 heteroatoms. The predicted molar refractivity (Wildman–Crippen MR) is 104 cm³/mol. The fourth-order valence-corrected chi connectivity index (χ4v) is 3.69. The van der Waals surface area contributed by atoms with Crippen molar-refractivity contribution < 1.29 is 23.8 Å². The van der Waals surface area contributed by atoms with E-state index in [-0.39, 0.29) is 24.4 Å². The first-order valence-corrected chi connectivity index (χ1v) is 9.22. The molecule has 0 spiro atoms. The van der Waals surface area contributed by atoms with Crippen molar-refractivity contribution in [2.24, 2.45) is 0 Å². The van der Waals surface area contributed by atoms with Crippen molar-refractivity contribution >= 4 is 16.9 Å². The van der Waals surface area contributed by atoms with Gasteiger partial charge in [-0.25, -0.2) is 9.59 Å². The van der Waals surface area contributed by atoms with Crippen molar-refractivity contribution in [2.75, 3.05) is 13.2 Å². The lowest BCUT2D eigenvalue weighted by Gasteiger charge is -2.13. The van der Waals surface area contributed by atoms with E-state index in [1.165, 1.54) is 6.07 Å². The average Bonchev–Trinajstić information content (AvgIpc) is 3.18. The number of aromatic carboxylic acids is 1. The molecule has 0 aliphatic heterocycles. The number of para-hydroxylation sites is 1. The third kappa shape index (κ3) is 3.22. The Morgan fingerprint density at radius 1 is 1.04 bits per heavy atom. The molecule has 28 heavy (non-hydrogen) atoms. The van der Waals surface area contributed by atoms with Gasteiger partial charge in [-0.2, -0.15) is 0 Å². The highest BCUT2D eigenvalue weighted by Crippen LogP contribution is 2.33. The van der Waals surface area contributed by atoms with Crippen molar-refractivity contribution in [3.8, 4) is 11.5 Å². The van der Waals surface area contributed by atoms with Gasteiger partial charge >= 0.3 is 11.6 Å². The molecule has 6 nitrogen and oxygen atoms in total. The quantitative estimate of drug-likeness (QED) is 0.518. The maximum atomic E-state index is 12.2. The molecular weight excluding hydrogens is 360 g/mol. The second-order valence-corrected chi connectivity index (χ2v) is 6.76. The first-order valence-electron chi connectivity index (χ1n) is 9.22. The molecular formula is C22H20O6. The summed E-state index contributed by atoms with van der Waals surface area (Å²) in [5, 5.41) is 10.2. The lowest BCUT2D eigenvalue weighted by atomic mass is 10.0. The number of hydrogen-bond donors (Lipinski definition) is 1. The van der Waals surface area contributed by atoms with Crippen molar-refractivity contribution in [1.29, 1.82) is 0 Å². The fraction of sp³-hybridized carbons (Fsp3) is 0.273. The number of ether oxygens (including phenoxy) is 2. The number of rotatable bonds is 6. The minimum Gasteiger partial charge on any atom is -0.490 e. The van der Waals surface area contributed by atoms with Crippen LogP contribution in [-0.4, -0.2) is 24.3 Å². The second-order valence-electron chi connectivity index (χ2n) is 6.76. The molecule has 2 aromatic carbocycles. The Hall–Kier alpha value is -3.28. The molecule has 0 fully saturated rings.